The Kier molecular flexibility index (Phi) is 7.14. The van der Waals surface area contributed by atoms with Gasteiger partial charge in [-0.05, 0) is 31.4 Å². The van der Waals surface area contributed by atoms with E-state index in [1.54, 1.807) is 6.07 Å². The Balaban J connectivity index is 0.00000312. The molecule has 6 nitrogen and oxygen atoms in total. The molecule has 1 unspecified atom stereocenters. The van der Waals surface area contributed by atoms with Gasteiger partial charge in [0.25, 0.3) is 5.56 Å². The van der Waals surface area contributed by atoms with Crippen molar-refractivity contribution >= 4 is 29.2 Å². The molecule has 2 rings (SSSR count). The van der Waals surface area contributed by atoms with E-state index < -0.39 is 5.54 Å². The number of rotatable bonds is 6. The smallest absolute Gasteiger partial charge is 0.261 e. The highest BCUT2D eigenvalue weighted by Crippen LogP contribution is 2.15. The van der Waals surface area contributed by atoms with Crippen molar-refractivity contribution in [2.24, 2.45) is 11.7 Å². The average Bonchev–Trinajstić information content (AvgIpc) is 2.54. The summed E-state index contributed by atoms with van der Waals surface area (Å²) >= 11 is 0. The molecule has 138 valence electrons. The highest BCUT2D eigenvalue weighted by Gasteiger charge is 2.28. The molecule has 0 spiro atoms. The second kappa shape index (κ2) is 8.45. The molecule has 1 heterocycles. The van der Waals surface area contributed by atoms with Gasteiger partial charge in [-0.2, -0.15) is 0 Å². The number of aryl methyl sites for hydroxylation is 2. The van der Waals surface area contributed by atoms with Crippen LogP contribution in [0.3, 0.4) is 0 Å². The minimum Gasteiger partial charge on any atom is -0.349 e. The number of amides is 1. The Labute approximate surface area is 154 Å². The van der Waals surface area contributed by atoms with Gasteiger partial charge in [-0.3, -0.25) is 14.2 Å². The maximum atomic E-state index is 12.5. The fourth-order valence-corrected chi connectivity index (χ4v) is 2.53. The molecule has 0 aliphatic rings. The van der Waals surface area contributed by atoms with Crippen LogP contribution in [-0.4, -0.2) is 27.5 Å². The molecule has 1 atom stereocenters. The topological polar surface area (TPSA) is 90.0 Å². The Morgan fingerprint density at radius 1 is 1.40 bits per heavy atom. The van der Waals surface area contributed by atoms with Crippen molar-refractivity contribution in [2.75, 3.05) is 6.54 Å². The fraction of sp³-hybridized carbons (Fsp3) is 0.500. The number of halogens is 1. The standard InChI is InChI=1S/C18H26N4O2.ClH/c1-12(2)18(4,10-19)21-15(23)8-9-22-11-20-16-13(3)6-5-7-14(16)17(22)24;/h5-7,11-12H,8-10,19H2,1-4H3,(H,21,23);1H. The Morgan fingerprint density at radius 2 is 2.08 bits per heavy atom. The Morgan fingerprint density at radius 3 is 2.68 bits per heavy atom. The summed E-state index contributed by atoms with van der Waals surface area (Å²) in [6, 6.07) is 5.53. The summed E-state index contributed by atoms with van der Waals surface area (Å²) in [5.74, 6) is 0.104. The number of hydrogen-bond donors (Lipinski definition) is 2. The number of benzene rings is 1. The number of fused-ring (bicyclic) bond motifs is 1. The van der Waals surface area contributed by atoms with Crippen LogP contribution in [0.2, 0.25) is 0 Å². The molecular weight excluding hydrogens is 340 g/mol. The Hall–Kier alpha value is -1.92. The molecule has 3 N–H and O–H groups in total. The number of carbonyl (C=O) groups excluding carboxylic acids is 1. The van der Waals surface area contributed by atoms with E-state index >= 15 is 0 Å². The number of nitrogens with one attached hydrogen (secondary N) is 1. The first-order valence-corrected chi connectivity index (χ1v) is 8.24. The lowest BCUT2D eigenvalue weighted by molar-refractivity contribution is -0.123. The first kappa shape index (κ1) is 21.1. The molecule has 0 saturated heterocycles. The molecule has 0 radical (unpaired) electrons. The summed E-state index contributed by atoms with van der Waals surface area (Å²) < 4.78 is 1.48. The molecule has 0 aliphatic heterocycles. The quantitative estimate of drug-likeness (QED) is 0.818. The van der Waals surface area contributed by atoms with Gasteiger partial charge in [0.05, 0.1) is 22.8 Å². The van der Waals surface area contributed by atoms with Crippen LogP contribution in [0.5, 0.6) is 0 Å². The van der Waals surface area contributed by atoms with Gasteiger partial charge >= 0.3 is 0 Å². The number of hydrogen-bond acceptors (Lipinski definition) is 4. The number of aromatic nitrogens is 2. The van der Waals surface area contributed by atoms with E-state index in [1.807, 2.05) is 39.8 Å². The van der Waals surface area contributed by atoms with E-state index in [0.29, 0.717) is 24.0 Å². The molecule has 0 fully saturated rings. The number of para-hydroxylation sites is 1. The van der Waals surface area contributed by atoms with Crippen molar-refractivity contribution in [3.8, 4) is 0 Å². The first-order valence-electron chi connectivity index (χ1n) is 8.24. The first-order chi connectivity index (χ1) is 11.3. The van der Waals surface area contributed by atoms with Crippen LogP contribution in [-0.2, 0) is 11.3 Å². The normalized spacial score (nSPS) is 13.4. The van der Waals surface area contributed by atoms with Gasteiger partial charge in [0.15, 0.2) is 0 Å². The monoisotopic (exact) mass is 366 g/mol. The molecule has 0 saturated carbocycles. The zero-order valence-corrected chi connectivity index (χ0v) is 16.0. The van der Waals surface area contributed by atoms with E-state index in [-0.39, 0.29) is 36.2 Å². The molecule has 1 aromatic carbocycles. The highest BCUT2D eigenvalue weighted by atomic mass is 35.5. The van der Waals surface area contributed by atoms with E-state index in [9.17, 15) is 9.59 Å². The predicted octanol–water partition coefficient (Wildman–Crippen LogP) is 2.01. The second-order valence-corrected chi connectivity index (χ2v) is 6.79. The van der Waals surface area contributed by atoms with Crippen molar-refractivity contribution in [1.82, 2.24) is 14.9 Å². The maximum Gasteiger partial charge on any atom is 0.261 e. The van der Waals surface area contributed by atoms with Gasteiger partial charge in [-0.25, -0.2) is 4.98 Å². The van der Waals surface area contributed by atoms with Gasteiger partial charge in [-0.1, -0.05) is 26.0 Å². The molecule has 7 heteroatoms. The van der Waals surface area contributed by atoms with Crippen LogP contribution in [0.25, 0.3) is 10.9 Å². The van der Waals surface area contributed by atoms with Crippen LogP contribution in [0, 0.1) is 12.8 Å². The van der Waals surface area contributed by atoms with Crippen LogP contribution < -0.4 is 16.6 Å². The van der Waals surface area contributed by atoms with E-state index in [4.69, 9.17) is 5.73 Å². The van der Waals surface area contributed by atoms with Gasteiger partial charge in [-0.15, -0.1) is 12.4 Å². The molecule has 0 aliphatic carbocycles. The lowest BCUT2D eigenvalue weighted by Gasteiger charge is -2.33. The molecular formula is C18H27ClN4O2. The molecule has 0 bridgehead atoms. The zero-order valence-electron chi connectivity index (χ0n) is 15.2. The largest absolute Gasteiger partial charge is 0.349 e. The van der Waals surface area contributed by atoms with Gasteiger partial charge in [0, 0.05) is 19.5 Å². The third kappa shape index (κ3) is 4.58. The molecule has 1 aromatic heterocycles. The van der Waals surface area contributed by atoms with E-state index in [1.165, 1.54) is 10.9 Å². The average molecular weight is 367 g/mol. The molecule has 1 amide bonds. The minimum atomic E-state index is -0.444. The summed E-state index contributed by atoms with van der Waals surface area (Å²) in [5.41, 5.74) is 6.89. The van der Waals surface area contributed by atoms with Gasteiger partial charge in [0.2, 0.25) is 5.91 Å². The fourth-order valence-electron chi connectivity index (χ4n) is 2.53. The lowest BCUT2D eigenvalue weighted by Crippen LogP contribution is -2.55. The van der Waals surface area contributed by atoms with Crippen LogP contribution in [0.4, 0.5) is 0 Å². The van der Waals surface area contributed by atoms with Crippen molar-refractivity contribution in [1.29, 1.82) is 0 Å². The van der Waals surface area contributed by atoms with Crippen LogP contribution in [0.15, 0.2) is 29.3 Å². The summed E-state index contributed by atoms with van der Waals surface area (Å²) in [6.45, 7) is 8.56. The van der Waals surface area contributed by atoms with Crippen molar-refractivity contribution < 1.29 is 4.79 Å². The minimum absolute atomic E-state index is 0. The van der Waals surface area contributed by atoms with Crippen molar-refractivity contribution in [2.45, 2.75) is 46.2 Å². The summed E-state index contributed by atoms with van der Waals surface area (Å²) in [5, 5.41) is 3.55. The third-order valence-electron chi connectivity index (χ3n) is 4.76. The molecule has 25 heavy (non-hydrogen) atoms. The SMILES string of the molecule is Cc1cccc2c(=O)n(CCC(=O)NC(C)(CN)C(C)C)cnc12.Cl. The predicted molar refractivity (Wildman–Crippen MR) is 103 cm³/mol. The summed E-state index contributed by atoms with van der Waals surface area (Å²) in [4.78, 5) is 29.1. The second-order valence-electron chi connectivity index (χ2n) is 6.79. The van der Waals surface area contributed by atoms with Crippen molar-refractivity contribution in [3.63, 3.8) is 0 Å². The van der Waals surface area contributed by atoms with E-state index in [2.05, 4.69) is 10.3 Å². The number of carbonyl (C=O) groups is 1. The number of nitrogens with two attached hydrogens (primary N) is 1. The van der Waals surface area contributed by atoms with E-state index in [0.717, 1.165) is 5.56 Å². The summed E-state index contributed by atoms with van der Waals surface area (Å²) in [6.07, 6.45) is 1.72. The van der Waals surface area contributed by atoms with Gasteiger partial charge < -0.3 is 11.1 Å². The molecule has 2 aromatic rings. The van der Waals surface area contributed by atoms with Crippen molar-refractivity contribution in [3.05, 3.63) is 40.4 Å². The van der Waals surface area contributed by atoms with Crippen LogP contribution in [0.1, 0.15) is 32.8 Å². The third-order valence-corrected chi connectivity index (χ3v) is 4.76. The summed E-state index contributed by atoms with van der Waals surface area (Å²) in [7, 11) is 0. The number of nitrogens with zero attached hydrogens (tertiary/aromatic N) is 2. The van der Waals surface area contributed by atoms with Crippen LogP contribution >= 0.6 is 12.4 Å². The van der Waals surface area contributed by atoms with Gasteiger partial charge in [0.1, 0.15) is 0 Å². The maximum absolute atomic E-state index is 12.5. The Bertz CT molecular complexity index is 803. The highest BCUT2D eigenvalue weighted by molar-refractivity contribution is 5.85. The lowest BCUT2D eigenvalue weighted by atomic mass is 9.88. The zero-order chi connectivity index (χ0) is 17.9.